The maximum absolute atomic E-state index is 13.6. The monoisotopic (exact) mass is 404 g/mol. The zero-order chi connectivity index (χ0) is 19.4. The average Bonchev–Trinajstić information content (AvgIpc) is 2.95. The zero-order valence-electron chi connectivity index (χ0n) is 15.4. The van der Waals surface area contributed by atoms with Crippen molar-refractivity contribution in [3.05, 3.63) is 58.6 Å². The topological polar surface area (TPSA) is 43.6 Å². The van der Waals surface area contributed by atoms with E-state index in [0.29, 0.717) is 28.8 Å². The van der Waals surface area contributed by atoms with Gasteiger partial charge in [0.15, 0.2) is 4.80 Å². The van der Waals surface area contributed by atoms with Crippen molar-refractivity contribution in [2.75, 3.05) is 13.7 Å². The molecule has 1 heterocycles. The predicted octanol–water partition coefficient (Wildman–Crippen LogP) is 4.73. The van der Waals surface area contributed by atoms with Crippen molar-refractivity contribution in [3.63, 3.8) is 0 Å². The molecule has 27 heavy (non-hydrogen) atoms. The van der Waals surface area contributed by atoms with Gasteiger partial charge < -0.3 is 9.30 Å². The van der Waals surface area contributed by atoms with Crippen LogP contribution in [0.1, 0.15) is 24.2 Å². The van der Waals surface area contributed by atoms with E-state index in [9.17, 15) is 9.18 Å². The van der Waals surface area contributed by atoms with Crippen LogP contribution in [0, 0.1) is 5.82 Å². The van der Waals surface area contributed by atoms with Crippen LogP contribution >= 0.6 is 23.1 Å². The van der Waals surface area contributed by atoms with Gasteiger partial charge in [-0.15, -0.1) is 11.8 Å². The number of ether oxygens (including phenoxy) is 1. The highest BCUT2D eigenvalue weighted by Crippen LogP contribution is 2.24. The molecule has 0 fully saturated rings. The van der Waals surface area contributed by atoms with E-state index in [2.05, 4.69) is 18.8 Å². The Hall–Kier alpha value is -1.96. The van der Waals surface area contributed by atoms with E-state index >= 15 is 0 Å². The quantitative estimate of drug-likeness (QED) is 0.558. The third-order valence-electron chi connectivity index (χ3n) is 3.81. The van der Waals surface area contributed by atoms with Gasteiger partial charge in [-0.2, -0.15) is 4.99 Å². The molecule has 0 N–H and O–H groups in total. The summed E-state index contributed by atoms with van der Waals surface area (Å²) in [7, 11) is 1.62. The highest BCUT2D eigenvalue weighted by Gasteiger charge is 2.11. The Morgan fingerprint density at radius 2 is 2.11 bits per heavy atom. The van der Waals surface area contributed by atoms with Crippen LogP contribution in [0.4, 0.5) is 4.39 Å². The molecule has 2 aromatic carbocycles. The van der Waals surface area contributed by atoms with Crippen LogP contribution in [0.5, 0.6) is 0 Å². The summed E-state index contributed by atoms with van der Waals surface area (Å²) in [6.07, 6.45) is 0. The number of amides is 1. The molecular formula is C20H21FN2O2S2. The third kappa shape index (κ3) is 4.86. The molecule has 0 unspecified atom stereocenters. The number of nitrogens with zero attached hydrogens (tertiary/aromatic N) is 2. The van der Waals surface area contributed by atoms with Crippen LogP contribution in [0.15, 0.2) is 52.4 Å². The standard InChI is InChI=1S/C20H21FN2O2S2/c1-13(2)26-16-6-4-5-14(11-16)19(24)22-20-23(9-10-25-3)17-8-7-15(21)12-18(17)27-20/h4-8,11-13H,9-10H2,1-3H3. The molecule has 0 bridgehead atoms. The van der Waals surface area contributed by atoms with E-state index in [1.54, 1.807) is 31.0 Å². The fraction of sp³-hybridized carbons (Fsp3) is 0.300. The number of fused-ring (bicyclic) bond motifs is 1. The minimum atomic E-state index is -0.307. The fourth-order valence-corrected chi connectivity index (χ4v) is 4.63. The molecule has 1 amide bonds. The van der Waals surface area contributed by atoms with Crippen molar-refractivity contribution in [2.24, 2.45) is 4.99 Å². The number of rotatable bonds is 6. The minimum absolute atomic E-state index is 0.306. The molecule has 0 saturated carbocycles. The molecule has 0 aliphatic rings. The molecule has 4 nitrogen and oxygen atoms in total. The number of hydrogen-bond donors (Lipinski definition) is 0. The van der Waals surface area contributed by atoms with Crippen molar-refractivity contribution < 1.29 is 13.9 Å². The summed E-state index contributed by atoms with van der Waals surface area (Å²) >= 11 is 3.00. The summed E-state index contributed by atoms with van der Waals surface area (Å²) < 4.78 is 21.4. The van der Waals surface area contributed by atoms with Crippen LogP contribution < -0.4 is 4.80 Å². The number of thioether (sulfide) groups is 1. The summed E-state index contributed by atoms with van der Waals surface area (Å²) in [4.78, 5) is 18.6. The zero-order valence-corrected chi connectivity index (χ0v) is 17.1. The molecule has 0 aliphatic heterocycles. The van der Waals surface area contributed by atoms with Crippen molar-refractivity contribution >= 4 is 39.2 Å². The van der Waals surface area contributed by atoms with Gasteiger partial charge in [0.1, 0.15) is 5.82 Å². The molecule has 0 spiro atoms. The first-order chi connectivity index (χ1) is 13.0. The molecule has 142 valence electrons. The van der Waals surface area contributed by atoms with Crippen molar-refractivity contribution in [1.29, 1.82) is 0 Å². The minimum Gasteiger partial charge on any atom is -0.383 e. The Labute approximate surface area is 165 Å². The van der Waals surface area contributed by atoms with Gasteiger partial charge in [0.25, 0.3) is 5.91 Å². The molecule has 0 aliphatic carbocycles. The number of hydrogen-bond acceptors (Lipinski definition) is 4. The molecule has 3 aromatic rings. The summed E-state index contributed by atoms with van der Waals surface area (Å²) in [5.74, 6) is -0.613. The van der Waals surface area contributed by atoms with Crippen molar-refractivity contribution in [3.8, 4) is 0 Å². The second kappa shape index (κ2) is 8.82. The van der Waals surface area contributed by atoms with Gasteiger partial charge in [0, 0.05) is 29.4 Å². The summed E-state index contributed by atoms with van der Waals surface area (Å²) in [5, 5.41) is 0.431. The van der Waals surface area contributed by atoms with Gasteiger partial charge in [-0.25, -0.2) is 4.39 Å². The van der Waals surface area contributed by atoms with Crippen LogP contribution in [-0.2, 0) is 11.3 Å². The highest BCUT2D eigenvalue weighted by molar-refractivity contribution is 7.99. The van der Waals surface area contributed by atoms with Gasteiger partial charge in [-0.1, -0.05) is 31.3 Å². The first-order valence-corrected chi connectivity index (χ1v) is 10.3. The Balaban J connectivity index is 2.02. The Kier molecular flexibility index (Phi) is 6.46. The molecule has 0 saturated heterocycles. The number of thiazole rings is 1. The molecule has 1 aromatic heterocycles. The SMILES string of the molecule is COCCn1c(=NC(=O)c2cccc(SC(C)C)c2)sc2cc(F)ccc21. The number of benzene rings is 2. The van der Waals surface area contributed by atoms with E-state index in [1.807, 2.05) is 22.8 Å². The number of aromatic nitrogens is 1. The number of methoxy groups -OCH3 is 1. The lowest BCUT2D eigenvalue weighted by Crippen LogP contribution is -2.19. The summed E-state index contributed by atoms with van der Waals surface area (Å²) in [6.45, 7) is 5.24. The fourth-order valence-electron chi connectivity index (χ4n) is 2.66. The van der Waals surface area contributed by atoms with Crippen molar-refractivity contribution in [2.45, 2.75) is 30.5 Å². The largest absolute Gasteiger partial charge is 0.383 e. The summed E-state index contributed by atoms with van der Waals surface area (Å²) in [6, 6.07) is 12.1. The van der Waals surface area contributed by atoms with E-state index in [4.69, 9.17) is 4.74 Å². The first-order valence-electron chi connectivity index (χ1n) is 8.61. The Bertz CT molecular complexity index is 1020. The van der Waals surface area contributed by atoms with Gasteiger partial charge in [-0.05, 0) is 36.4 Å². The summed E-state index contributed by atoms with van der Waals surface area (Å²) in [5.41, 5.74) is 1.39. The van der Waals surface area contributed by atoms with Crippen LogP contribution in [0.25, 0.3) is 10.2 Å². The number of halogens is 1. The van der Waals surface area contributed by atoms with Crippen LogP contribution in [-0.4, -0.2) is 29.4 Å². The van der Waals surface area contributed by atoms with Gasteiger partial charge in [0.05, 0.1) is 16.8 Å². The van der Waals surface area contributed by atoms with Crippen LogP contribution in [0.2, 0.25) is 0 Å². The van der Waals surface area contributed by atoms with E-state index in [0.717, 1.165) is 15.1 Å². The molecule has 0 radical (unpaired) electrons. The highest BCUT2D eigenvalue weighted by atomic mass is 32.2. The lowest BCUT2D eigenvalue weighted by molar-refractivity contribution is 0.0997. The van der Waals surface area contributed by atoms with E-state index in [-0.39, 0.29) is 11.7 Å². The predicted molar refractivity (Wildman–Crippen MR) is 109 cm³/mol. The smallest absolute Gasteiger partial charge is 0.279 e. The second-order valence-electron chi connectivity index (χ2n) is 6.25. The third-order valence-corrected chi connectivity index (χ3v) is 5.85. The molecule has 0 atom stereocenters. The molecule has 3 rings (SSSR count). The van der Waals surface area contributed by atoms with Crippen molar-refractivity contribution in [1.82, 2.24) is 4.57 Å². The normalized spacial score (nSPS) is 12.3. The Morgan fingerprint density at radius 3 is 2.85 bits per heavy atom. The maximum atomic E-state index is 13.6. The number of carbonyl (C=O) groups excluding carboxylic acids is 1. The maximum Gasteiger partial charge on any atom is 0.279 e. The van der Waals surface area contributed by atoms with E-state index < -0.39 is 0 Å². The van der Waals surface area contributed by atoms with Gasteiger partial charge in [-0.3, -0.25) is 4.79 Å². The lowest BCUT2D eigenvalue weighted by Gasteiger charge is -2.06. The molecular weight excluding hydrogens is 383 g/mol. The molecule has 7 heteroatoms. The Morgan fingerprint density at radius 1 is 1.30 bits per heavy atom. The van der Waals surface area contributed by atoms with Gasteiger partial charge >= 0.3 is 0 Å². The van der Waals surface area contributed by atoms with Crippen LogP contribution in [0.3, 0.4) is 0 Å². The second-order valence-corrected chi connectivity index (χ2v) is 8.91. The lowest BCUT2D eigenvalue weighted by atomic mass is 10.2. The number of carbonyl (C=O) groups is 1. The average molecular weight is 405 g/mol. The van der Waals surface area contributed by atoms with E-state index in [1.165, 1.54) is 23.5 Å². The first kappa shape index (κ1) is 19.8. The van der Waals surface area contributed by atoms with Gasteiger partial charge in [0.2, 0.25) is 0 Å².